The molecule has 2 nitrogen and oxygen atoms in total. The molecule has 0 aromatic heterocycles. The van der Waals surface area contributed by atoms with E-state index in [9.17, 15) is 0 Å². The van der Waals surface area contributed by atoms with Crippen LogP contribution in [-0.2, 0) is 0 Å². The highest BCUT2D eigenvalue weighted by atomic mass is 15.0. The molecule has 0 amide bonds. The number of hydrogen-bond acceptors (Lipinski definition) is 2. The molecule has 0 atom stereocenters. The first kappa shape index (κ1) is 15.2. The number of hydrogen-bond donors (Lipinski definition) is 2. The van der Waals surface area contributed by atoms with Crippen LogP contribution in [0.2, 0.25) is 0 Å². The number of benzene rings is 3. The Kier molecular flexibility index (Phi) is 4.33. The van der Waals surface area contributed by atoms with E-state index in [0.29, 0.717) is 0 Å². The van der Waals surface area contributed by atoms with Crippen molar-refractivity contribution in [2.75, 3.05) is 10.6 Å². The molecule has 3 rings (SSSR count). The van der Waals surface area contributed by atoms with Crippen LogP contribution < -0.4 is 10.6 Å². The zero-order valence-electron chi connectivity index (χ0n) is 13.9. The Morgan fingerprint density at radius 1 is 0.565 bits per heavy atom. The predicted octanol–water partition coefficient (Wildman–Crippen LogP) is 6.10. The van der Waals surface area contributed by atoms with E-state index in [1.54, 1.807) is 0 Å². The molecule has 0 bridgehead atoms. The van der Waals surface area contributed by atoms with Crippen molar-refractivity contribution in [2.24, 2.45) is 0 Å². The summed E-state index contributed by atoms with van der Waals surface area (Å²) in [6.07, 6.45) is 0. The van der Waals surface area contributed by atoms with Crippen molar-refractivity contribution in [3.8, 4) is 0 Å². The van der Waals surface area contributed by atoms with Crippen LogP contribution in [0.3, 0.4) is 0 Å². The molecule has 0 radical (unpaired) electrons. The molecule has 0 aliphatic carbocycles. The standard InChI is InChI=1S/C21H22N2/c1-15-8-11-18(12-9-15)22-20-6-4-5-7-21(20)23-19-13-10-16(2)14-17(19)3/h4-14,22-23H,1-3H3. The second kappa shape index (κ2) is 6.57. The van der Waals surface area contributed by atoms with Crippen molar-refractivity contribution < 1.29 is 0 Å². The van der Waals surface area contributed by atoms with Crippen LogP contribution in [0.5, 0.6) is 0 Å². The molecular formula is C21H22N2. The number of anilines is 4. The lowest BCUT2D eigenvalue weighted by molar-refractivity contribution is 1.37. The molecule has 116 valence electrons. The van der Waals surface area contributed by atoms with E-state index in [-0.39, 0.29) is 0 Å². The van der Waals surface area contributed by atoms with E-state index < -0.39 is 0 Å². The molecule has 0 unspecified atom stereocenters. The fourth-order valence-electron chi connectivity index (χ4n) is 2.59. The maximum atomic E-state index is 3.54. The van der Waals surface area contributed by atoms with Crippen LogP contribution in [0.4, 0.5) is 22.7 Å². The highest BCUT2D eigenvalue weighted by Crippen LogP contribution is 2.29. The maximum Gasteiger partial charge on any atom is 0.0623 e. The van der Waals surface area contributed by atoms with Gasteiger partial charge in [0.2, 0.25) is 0 Å². The summed E-state index contributed by atoms with van der Waals surface area (Å²) in [7, 11) is 0. The van der Waals surface area contributed by atoms with E-state index >= 15 is 0 Å². The number of aryl methyl sites for hydroxylation is 3. The fraction of sp³-hybridized carbons (Fsp3) is 0.143. The van der Waals surface area contributed by atoms with Gasteiger partial charge in [-0.15, -0.1) is 0 Å². The van der Waals surface area contributed by atoms with E-state index in [1.807, 2.05) is 12.1 Å². The Balaban J connectivity index is 1.87. The Morgan fingerprint density at radius 2 is 1.17 bits per heavy atom. The van der Waals surface area contributed by atoms with Crippen LogP contribution in [0.15, 0.2) is 66.7 Å². The lowest BCUT2D eigenvalue weighted by Gasteiger charge is -2.16. The van der Waals surface area contributed by atoms with Gasteiger partial charge in [0.1, 0.15) is 0 Å². The molecule has 3 aromatic rings. The first-order chi connectivity index (χ1) is 11.1. The molecule has 0 heterocycles. The number of nitrogens with one attached hydrogen (secondary N) is 2. The summed E-state index contributed by atoms with van der Waals surface area (Å²) in [5.41, 5.74) is 8.14. The average Bonchev–Trinajstić information content (AvgIpc) is 2.54. The van der Waals surface area contributed by atoms with Crippen molar-refractivity contribution in [3.05, 3.63) is 83.4 Å². The molecule has 0 spiro atoms. The first-order valence-corrected chi connectivity index (χ1v) is 7.89. The lowest BCUT2D eigenvalue weighted by atomic mass is 10.1. The summed E-state index contributed by atoms with van der Waals surface area (Å²) in [4.78, 5) is 0. The van der Waals surface area contributed by atoms with E-state index in [1.165, 1.54) is 16.7 Å². The monoisotopic (exact) mass is 302 g/mol. The molecule has 23 heavy (non-hydrogen) atoms. The molecule has 2 N–H and O–H groups in total. The zero-order valence-corrected chi connectivity index (χ0v) is 13.9. The van der Waals surface area contributed by atoms with Gasteiger partial charge in [-0.3, -0.25) is 0 Å². The summed E-state index contributed by atoms with van der Waals surface area (Å²) < 4.78 is 0. The maximum absolute atomic E-state index is 3.54. The quantitative estimate of drug-likeness (QED) is 0.608. The topological polar surface area (TPSA) is 24.1 Å². The highest BCUT2D eigenvalue weighted by Gasteiger charge is 2.05. The van der Waals surface area contributed by atoms with Gasteiger partial charge < -0.3 is 10.6 Å². The average molecular weight is 302 g/mol. The third-order valence-electron chi connectivity index (χ3n) is 3.91. The molecule has 3 aromatic carbocycles. The summed E-state index contributed by atoms with van der Waals surface area (Å²) >= 11 is 0. The second-order valence-electron chi connectivity index (χ2n) is 5.98. The SMILES string of the molecule is Cc1ccc(Nc2ccccc2Nc2ccc(C)cc2C)cc1. The van der Waals surface area contributed by atoms with Gasteiger partial charge in [-0.25, -0.2) is 0 Å². The van der Waals surface area contributed by atoms with Gasteiger partial charge in [0.25, 0.3) is 0 Å². The van der Waals surface area contributed by atoms with Gasteiger partial charge in [-0.2, -0.15) is 0 Å². The van der Waals surface area contributed by atoms with Gasteiger partial charge in [-0.1, -0.05) is 47.5 Å². The fourth-order valence-corrected chi connectivity index (χ4v) is 2.59. The van der Waals surface area contributed by atoms with Crippen molar-refractivity contribution in [1.82, 2.24) is 0 Å². The summed E-state index contributed by atoms with van der Waals surface area (Å²) in [5.74, 6) is 0. The van der Waals surface area contributed by atoms with Crippen LogP contribution >= 0.6 is 0 Å². The zero-order chi connectivity index (χ0) is 16.2. The van der Waals surface area contributed by atoms with E-state index in [2.05, 4.69) is 86.0 Å². The van der Waals surface area contributed by atoms with Crippen LogP contribution in [-0.4, -0.2) is 0 Å². The van der Waals surface area contributed by atoms with Gasteiger partial charge in [0.15, 0.2) is 0 Å². The molecule has 0 fully saturated rings. The minimum absolute atomic E-state index is 1.07. The van der Waals surface area contributed by atoms with E-state index in [0.717, 1.165) is 22.7 Å². The molecule has 0 saturated heterocycles. The highest BCUT2D eigenvalue weighted by molar-refractivity contribution is 5.79. The minimum atomic E-state index is 1.07. The first-order valence-electron chi connectivity index (χ1n) is 7.89. The molecular weight excluding hydrogens is 280 g/mol. The van der Waals surface area contributed by atoms with Gasteiger partial charge in [-0.05, 0) is 56.7 Å². The summed E-state index contributed by atoms with van der Waals surface area (Å²) in [6.45, 7) is 6.34. The van der Waals surface area contributed by atoms with Crippen molar-refractivity contribution >= 4 is 22.7 Å². The van der Waals surface area contributed by atoms with Crippen molar-refractivity contribution in [2.45, 2.75) is 20.8 Å². The number of para-hydroxylation sites is 2. The largest absolute Gasteiger partial charge is 0.354 e. The van der Waals surface area contributed by atoms with Crippen LogP contribution in [0, 0.1) is 20.8 Å². The Morgan fingerprint density at radius 3 is 1.83 bits per heavy atom. The number of rotatable bonds is 4. The van der Waals surface area contributed by atoms with Gasteiger partial charge in [0, 0.05) is 11.4 Å². The smallest absolute Gasteiger partial charge is 0.0623 e. The van der Waals surface area contributed by atoms with Gasteiger partial charge >= 0.3 is 0 Å². The normalized spacial score (nSPS) is 10.4. The summed E-state index contributed by atoms with van der Waals surface area (Å²) in [6, 6.07) is 23.2. The van der Waals surface area contributed by atoms with Crippen molar-refractivity contribution in [3.63, 3.8) is 0 Å². The molecule has 0 aliphatic heterocycles. The lowest BCUT2D eigenvalue weighted by Crippen LogP contribution is -1.98. The molecule has 0 aliphatic rings. The predicted molar refractivity (Wildman–Crippen MR) is 100 cm³/mol. The Labute approximate surface area is 138 Å². The van der Waals surface area contributed by atoms with Crippen molar-refractivity contribution in [1.29, 1.82) is 0 Å². The third-order valence-corrected chi connectivity index (χ3v) is 3.91. The second-order valence-corrected chi connectivity index (χ2v) is 5.98. The van der Waals surface area contributed by atoms with Gasteiger partial charge in [0.05, 0.1) is 11.4 Å². The van der Waals surface area contributed by atoms with E-state index in [4.69, 9.17) is 0 Å². The Hall–Kier alpha value is -2.74. The summed E-state index contributed by atoms with van der Waals surface area (Å²) in [5, 5.41) is 7.03. The Bertz CT molecular complexity index is 804. The molecule has 0 saturated carbocycles. The molecule has 2 heteroatoms. The van der Waals surface area contributed by atoms with Crippen LogP contribution in [0.25, 0.3) is 0 Å². The minimum Gasteiger partial charge on any atom is -0.354 e. The third kappa shape index (κ3) is 3.72. The van der Waals surface area contributed by atoms with Crippen LogP contribution in [0.1, 0.15) is 16.7 Å².